The van der Waals surface area contributed by atoms with Crippen molar-refractivity contribution in [3.63, 3.8) is 0 Å². The molecule has 1 aromatic heterocycles. The molecule has 3 heteroatoms. The molecule has 2 rings (SSSR count). The lowest BCUT2D eigenvalue weighted by atomic mass is 10.1. The van der Waals surface area contributed by atoms with Gasteiger partial charge in [0.15, 0.2) is 0 Å². The number of phenols is 1. The molecule has 1 aromatic carbocycles. The molecule has 0 atom stereocenters. The Bertz CT molecular complexity index is 474. The number of nitrogens with one attached hydrogen (secondary N) is 1. The molecule has 0 radical (unpaired) electrons. The summed E-state index contributed by atoms with van der Waals surface area (Å²) in [6.07, 6.45) is 2.06. The Hall–Kier alpha value is -1.48. The normalized spacial score (nSPS) is 11.1. The van der Waals surface area contributed by atoms with Crippen LogP contribution in [-0.2, 0) is 13.6 Å². The number of nitrogens with zero attached hydrogens (tertiary/aromatic N) is 1. The quantitative estimate of drug-likeness (QED) is 0.802. The number of rotatable bonds is 3. The number of hydrogen-bond donors (Lipinski definition) is 2. The minimum Gasteiger partial charge on any atom is -0.507 e. The molecule has 0 fully saturated rings. The first-order chi connectivity index (χ1) is 7.24. The van der Waals surface area contributed by atoms with E-state index in [1.165, 1.54) is 0 Å². The van der Waals surface area contributed by atoms with Gasteiger partial charge in [0.25, 0.3) is 0 Å². The van der Waals surface area contributed by atoms with Gasteiger partial charge in [-0.25, -0.2) is 0 Å². The molecule has 0 aliphatic carbocycles. The van der Waals surface area contributed by atoms with Crippen LogP contribution in [0.15, 0.2) is 24.4 Å². The summed E-state index contributed by atoms with van der Waals surface area (Å²) < 4.78 is 2.04. The Kier molecular flexibility index (Phi) is 2.64. The van der Waals surface area contributed by atoms with Crippen molar-refractivity contribution >= 4 is 10.9 Å². The lowest BCUT2D eigenvalue weighted by molar-refractivity contribution is 0.481. The van der Waals surface area contributed by atoms with Crippen LogP contribution in [0.4, 0.5) is 0 Å². The van der Waals surface area contributed by atoms with Gasteiger partial charge >= 0.3 is 0 Å². The van der Waals surface area contributed by atoms with Gasteiger partial charge in [-0.15, -0.1) is 0 Å². The highest BCUT2D eigenvalue weighted by molar-refractivity contribution is 5.89. The van der Waals surface area contributed by atoms with Crippen LogP contribution >= 0.6 is 0 Å². The number of aromatic hydroxyl groups is 1. The van der Waals surface area contributed by atoms with Gasteiger partial charge in [0.2, 0.25) is 0 Å². The first-order valence-electron chi connectivity index (χ1n) is 5.20. The van der Waals surface area contributed by atoms with Gasteiger partial charge in [0, 0.05) is 25.2 Å². The number of hydrogen-bond acceptors (Lipinski definition) is 2. The van der Waals surface area contributed by atoms with Crippen LogP contribution in [0.5, 0.6) is 5.75 Å². The van der Waals surface area contributed by atoms with Gasteiger partial charge in [0.1, 0.15) is 5.75 Å². The van der Waals surface area contributed by atoms with E-state index >= 15 is 0 Å². The van der Waals surface area contributed by atoms with Gasteiger partial charge in [-0.2, -0.15) is 0 Å². The summed E-state index contributed by atoms with van der Waals surface area (Å²) in [4.78, 5) is 0. The zero-order valence-corrected chi connectivity index (χ0v) is 9.12. The standard InChI is InChI=1S/C12H16N2O/c1-3-13-7-9-8-14(2)10-5-4-6-11(15)12(9)10/h4-6,8,13,15H,3,7H2,1-2H3. The highest BCUT2D eigenvalue weighted by Crippen LogP contribution is 2.28. The number of aromatic nitrogens is 1. The molecular weight excluding hydrogens is 188 g/mol. The van der Waals surface area contributed by atoms with E-state index in [1.807, 2.05) is 23.7 Å². The summed E-state index contributed by atoms with van der Waals surface area (Å²) in [6, 6.07) is 5.62. The van der Waals surface area contributed by atoms with E-state index in [1.54, 1.807) is 6.07 Å². The van der Waals surface area contributed by atoms with E-state index in [-0.39, 0.29) is 0 Å². The van der Waals surface area contributed by atoms with Crippen LogP contribution in [0.3, 0.4) is 0 Å². The molecule has 1 heterocycles. The zero-order valence-electron chi connectivity index (χ0n) is 9.12. The van der Waals surface area contributed by atoms with E-state index in [0.717, 1.165) is 29.6 Å². The second kappa shape index (κ2) is 3.95. The first kappa shape index (κ1) is 10.1. The van der Waals surface area contributed by atoms with E-state index in [9.17, 15) is 5.11 Å². The van der Waals surface area contributed by atoms with Gasteiger partial charge in [-0.1, -0.05) is 13.0 Å². The van der Waals surface area contributed by atoms with Crippen molar-refractivity contribution in [3.05, 3.63) is 30.0 Å². The molecular formula is C12H16N2O. The molecule has 0 aliphatic rings. The second-order valence-corrected chi connectivity index (χ2v) is 3.72. The minimum absolute atomic E-state index is 0.362. The molecule has 15 heavy (non-hydrogen) atoms. The number of fused-ring (bicyclic) bond motifs is 1. The molecule has 0 amide bonds. The van der Waals surface area contributed by atoms with Crippen LogP contribution in [-0.4, -0.2) is 16.2 Å². The van der Waals surface area contributed by atoms with Crippen LogP contribution in [0.25, 0.3) is 10.9 Å². The van der Waals surface area contributed by atoms with Crippen molar-refractivity contribution in [1.82, 2.24) is 9.88 Å². The fourth-order valence-corrected chi connectivity index (χ4v) is 1.91. The van der Waals surface area contributed by atoms with E-state index in [2.05, 4.69) is 18.4 Å². The monoisotopic (exact) mass is 204 g/mol. The topological polar surface area (TPSA) is 37.2 Å². The Morgan fingerprint density at radius 2 is 2.20 bits per heavy atom. The summed E-state index contributed by atoms with van der Waals surface area (Å²) in [6.45, 7) is 3.81. The molecule has 80 valence electrons. The maximum Gasteiger partial charge on any atom is 0.125 e. The molecule has 0 saturated carbocycles. The molecule has 0 spiro atoms. The fraction of sp³-hybridized carbons (Fsp3) is 0.333. The smallest absolute Gasteiger partial charge is 0.125 e. The lowest BCUT2D eigenvalue weighted by Crippen LogP contribution is -2.11. The van der Waals surface area contributed by atoms with Crippen molar-refractivity contribution in [3.8, 4) is 5.75 Å². The van der Waals surface area contributed by atoms with Gasteiger partial charge in [-0.05, 0) is 24.2 Å². The van der Waals surface area contributed by atoms with E-state index < -0.39 is 0 Å². The summed E-state index contributed by atoms with van der Waals surface area (Å²) in [5, 5.41) is 14.1. The summed E-state index contributed by atoms with van der Waals surface area (Å²) in [7, 11) is 2.00. The highest BCUT2D eigenvalue weighted by Gasteiger charge is 2.09. The van der Waals surface area contributed by atoms with Crippen molar-refractivity contribution < 1.29 is 5.11 Å². The van der Waals surface area contributed by atoms with Crippen LogP contribution in [0, 0.1) is 0 Å². The van der Waals surface area contributed by atoms with Crippen molar-refractivity contribution in [1.29, 1.82) is 0 Å². The lowest BCUT2D eigenvalue weighted by Gasteiger charge is -2.01. The fourth-order valence-electron chi connectivity index (χ4n) is 1.91. The van der Waals surface area contributed by atoms with Crippen LogP contribution in [0.1, 0.15) is 12.5 Å². The van der Waals surface area contributed by atoms with E-state index in [0.29, 0.717) is 5.75 Å². The van der Waals surface area contributed by atoms with Crippen molar-refractivity contribution in [2.45, 2.75) is 13.5 Å². The van der Waals surface area contributed by atoms with Crippen molar-refractivity contribution in [2.75, 3.05) is 6.54 Å². The molecule has 0 bridgehead atoms. The molecule has 0 unspecified atom stereocenters. The van der Waals surface area contributed by atoms with Gasteiger partial charge in [0.05, 0.1) is 5.52 Å². The number of aryl methyl sites for hydroxylation is 1. The maximum absolute atomic E-state index is 9.82. The molecule has 0 aliphatic heterocycles. The number of phenolic OH excluding ortho intramolecular Hbond substituents is 1. The van der Waals surface area contributed by atoms with Crippen LogP contribution < -0.4 is 5.32 Å². The third-order valence-electron chi connectivity index (χ3n) is 2.64. The Balaban J connectivity index is 2.54. The first-order valence-corrected chi connectivity index (χ1v) is 5.20. The Morgan fingerprint density at radius 1 is 1.40 bits per heavy atom. The van der Waals surface area contributed by atoms with Gasteiger partial charge < -0.3 is 15.0 Å². The second-order valence-electron chi connectivity index (χ2n) is 3.72. The average Bonchev–Trinajstić information content (AvgIpc) is 2.55. The maximum atomic E-state index is 9.82. The largest absolute Gasteiger partial charge is 0.507 e. The third-order valence-corrected chi connectivity index (χ3v) is 2.64. The Morgan fingerprint density at radius 3 is 2.93 bits per heavy atom. The molecule has 0 saturated heterocycles. The molecule has 3 nitrogen and oxygen atoms in total. The average molecular weight is 204 g/mol. The minimum atomic E-state index is 0.362. The summed E-state index contributed by atoms with van der Waals surface area (Å²) in [5.74, 6) is 0.362. The van der Waals surface area contributed by atoms with Crippen LogP contribution in [0.2, 0.25) is 0 Å². The zero-order chi connectivity index (χ0) is 10.8. The SMILES string of the molecule is CCNCc1cn(C)c2cccc(O)c12. The predicted octanol–water partition coefficient (Wildman–Crippen LogP) is 1.99. The summed E-state index contributed by atoms with van der Waals surface area (Å²) in [5.41, 5.74) is 2.22. The van der Waals surface area contributed by atoms with E-state index in [4.69, 9.17) is 0 Å². The molecule has 2 aromatic rings. The van der Waals surface area contributed by atoms with Gasteiger partial charge in [-0.3, -0.25) is 0 Å². The molecule has 2 N–H and O–H groups in total. The number of benzene rings is 1. The predicted molar refractivity (Wildman–Crippen MR) is 62.0 cm³/mol. The Labute approximate surface area is 89.3 Å². The summed E-state index contributed by atoms with van der Waals surface area (Å²) >= 11 is 0. The third kappa shape index (κ3) is 1.70. The highest BCUT2D eigenvalue weighted by atomic mass is 16.3. The van der Waals surface area contributed by atoms with Crippen molar-refractivity contribution in [2.24, 2.45) is 7.05 Å².